The SMILES string of the molecule is CCc1cc2ncc(CN3CCN(c4ccc(C(F)F)cn4)CC3)cc2[nH]c1=O. The molecule has 1 aliphatic rings. The van der Waals surface area contributed by atoms with Crippen molar-refractivity contribution >= 4 is 16.9 Å². The Balaban J connectivity index is 1.39. The predicted octanol–water partition coefficient (Wildman–Crippen LogP) is 3.14. The van der Waals surface area contributed by atoms with Gasteiger partial charge in [0, 0.05) is 56.2 Å². The van der Waals surface area contributed by atoms with Crippen LogP contribution in [0.2, 0.25) is 0 Å². The summed E-state index contributed by atoms with van der Waals surface area (Å²) >= 11 is 0. The summed E-state index contributed by atoms with van der Waals surface area (Å²) in [7, 11) is 0. The van der Waals surface area contributed by atoms with Gasteiger partial charge in [0.2, 0.25) is 0 Å². The van der Waals surface area contributed by atoms with Gasteiger partial charge in [-0.15, -0.1) is 0 Å². The third kappa shape index (κ3) is 4.27. The van der Waals surface area contributed by atoms with E-state index in [4.69, 9.17) is 0 Å². The highest BCUT2D eigenvalue weighted by Crippen LogP contribution is 2.21. The zero-order chi connectivity index (χ0) is 20.4. The van der Waals surface area contributed by atoms with Crippen LogP contribution in [-0.2, 0) is 13.0 Å². The lowest BCUT2D eigenvalue weighted by atomic mass is 10.1. The fraction of sp³-hybridized carbons (Fsp3) is 0.381. The van der Waals surface area contributed by atoms with Gasteiger partial charge in [-0.3, -0.25) is 14.7 Å². The highest BCUT2D eigenvalue weighted by Gasteiger charge is 2.19. The topological polar surface area (TPSA) is 65.1 Å². The molecule has 152 valence electrons. The first-order chi connectivity index (χ1) is 14.0. The number of aromatic nitrogens is 3. The van der Waals surface area contributed by atoms with Crippen LogP contribution in [0.5, 0.6) is 0 Å². The van der Waals surface area contributed by atoms with Gasteiger partial charge in [0.05, 0.1) is 11.0 Å². The molecule has 3 aromatic heterocycles. The first kappa shape index (κ1) is 19.4. The number of hydrogen-bond acceptors (Lipinski definition) is 5. The number of piperazine rings is 1. The van der Waals surface area contributed by atoms with Gasteiger partial charge >= 0.3 is 0 Å². The van der Waals surface area contributed by atoms with Crippen LogP contribution in [0.1, 0.15) is 30.0 Å². The number of anilines is 1. The summed E-state index contributed by atoms with van der Waals surface area (Å²) < 4.78 is 25.3. The van der Waals surface area contributed by atoms with Crippen molar-refractivity contribution in [3.63, 3.8) is 0 Å². The van der Waals surface area contributed by atoms with E-state index in [2.05, 4.69) is 24.8 Å². The number of alkyl halides is 2. The van der Waals surface area contributed by atoms with Crippen molar-refractivity contribution in [3.05, 3.63) is 63.7 Å². The van der Waals surface area contributed by atoms with Crippen LogP contribution in [0.4, 0.5) is 14.6 Å². The van der Waals surface area contributed by atoms with Crippen molar-refractivity contribution in [1.82, 2.24) is 19.9 Å². The molecule has 1 aliphatic heterocycles. The highest BCUT2D eigenvalue weighted by atomic mass is 19.3. The molecule has 1 N–H and O–H groups in total. The van der Waals surface area contributed by atoms with E-state index in [1.54, 1.807) is 6.07 Å². The molecule has 0 radical (unpaired) electrons. The van der Waals surface area contributed by atoms with Crippen molar-refractivity contribution in [2.75, 3.05) is 31.1 Å². The molecule has 4 rings (SSSR count). The van der Waals surface area contributed by atoms with E-state index < -0.39 is 6.43 Å². The molecule has 6 nitrogen and oxygen atoms in total. The Kier molecular flexibility index (Phi) is 5.53. The van der Waals surface area contributed by atoms with E-state index in [0.29, 0.717) is 6.42 Å². The molecule has 29 heavy (non-hydrogen) atoms. The minimum absolute atomic E-state index is 0.0553. The molecule has 1 saturated heterocycles. The van der Waals surface area contributed by atoms with E-state index in [9.17, 15) is 13.6 Å². The molecule has 1 fully saturated rings. The number of fused-ring (bicyclic) bond motifs is 1. The minimum atomic E-state index is -2.49. The number of rotatable bonds is 5. The van der Waals surface area contributed by atoms with Crippen molar-refractivity contribution in [1.29, 1.82) is 0 Å². The lowest BCUT2D eigenvalue weighted by Gasteiger charge is -2.35. The summed E-state index contributed by atoms with van der Waals surface area (Å²) in [6.07, 6.45) is 1.29. The summed E-state index contributed by atoms with van der Waals surface area (Å²) in [6.45, 7) is 5.92. The maximum atomic E-state index is 12.7. The molecule has 0 bridgehead atoms. The molecule has 8 heteroatoms. The summed E-state index contributed by atoms with van der Waals surface area (Å²) in [5.41, 5.74) is 3.23. The Hall–Kier alpha value is -2.87. The minimum Gasteiger partial charge on any atom is -0.354 e. The lowest BCUT2D eigenvalue weighted by molar-refractivity contribution is 0.151. The Morgan fingerprint density at radius 2 is 1.90 bits per heavy atom. The second-order valence-corrected chi connectivity index (χ2v) is 7.27. The molecule has 0 aromatic carbocycles. The van der Waals surface area contributed by atoms with Crippen LogP contribution in [0.15, 0.2) is 41.5 Å². The summed E-state index contributed by atoms with van der Waals surface area (Å²) in [5.74, 6) is 0.728. The van der Waals surface area contributed by atoms with Gasteiger partial charge in [0.1, 0.15) is 5.82 Å². The van der Waals surface area contributed by atoms with Crippen LogP contribution in [-0.4, -0.2) is 46.0 Å². The van der Waals surface area contributed by atoms with Gasteiger partial charge < -0.3 is 9.88 Å². The van der Waals surface area contributed by atoms with Gasteiger partial charge in [-0.1, -0.05) is 6.92 Å². The molecule has 0 aliphatic carbocycles. The third-order valence-corrected chi connectivity index (χ3v) is 5.33. The summed E-state index contributed by atoms with van der Waals surface area (Å²) in [4.78, 5) is 28.1. The standard InChI is InChI=1S/C21H23F2N5O/c1-2-15-10-17-18(26-21(15)29)9-14(11-24-17)13-27-5-7-28(8-6-27)19-4-3-16(12-25-19)20(22)23/h3-4,9-12,20H,2,5-8,13H2,1H3,(H,26,29). The quantitative estimate of drug-likeness (QED) is 0.714. The second-order valence-electron chi connectivity index (χ2n) is 7.27. The fourth-order valence-corrected chi connectivity index (χ4v) is 3.62. The monoisotopic (exact) mass is 399 g/mol. The molecular formula is C21H23F2N5O. The summed E-state index contributed by atoms with van der Waals surface area (Å²) in [5, 5.41) is 0. The average Bonchev–Trinajstić information content (AvgIpc) is 2.74. The van der Waals surface area contributed by atoms with E-state index in [0.717, 1.165) is 60.7 Å². The Bertz CT molecular complexity index is 1040. The van der Waals surface area contributed by atoms with Crippen molar-refractivity contribution in [2.24, 2.45) is 0 Å². The second kappa shape index (κ2) is 8.24. The molecule has 0 unspecified atom stereocenters. The van der Waals surface area contributed by atoms with Crippen molar-refractivity contribution < 1.29 is 8.78 Å². The number of aromatic amines is 1. The molecule has 0 spiro atoms. The van der Waals surface area contributed by atoms with Crippen LogP contribution in [0.3, 0.4) is 0 Å². The van der Waals surface area contributed by atoms with Gasteiger partial charge in [-0.2, -0.15) is 0 Å². The zero-order valence-corrected chi connectivity index (χ0v) is 16.2. The molecule has 0 atom stereocenters. The number of nitrogens with zero attached hydrogens (tertiary/aromatic N) is 4. The van der Waals surface area contributed by atoms with Crippen LogP contribution >= 0.6 is 0 Å². The van der Waals surface area contributed by atoms with E-state index in [-0.39, 0.29) is 11.1 Å². The number of nitrogens with one attached hydrogen (secondary N) is 1. The van der Waals surface area contributed by atoms with Gasteiger partial charge in [-0.05, 0) is 36.2 Å². The number of aryl methyl sites for hydroxylation is 1. The van der Waals surface area contributed by atoms with Crippen molar-refractivity contribution in [2.45, 2.75) is 26.3 Å². The molecule has 0 saturated carbocycles. The zero-order valence-electron chi connectivity index (χ0n) is 16.2. The third-order valence-electron chi connectivity index (χ3n) is 5.33. The summed E-state index contributed by atoms with van der Waals surface area (Å²) in [6, 6.07) is 6.93. The first-order valence-corrected chi connectivity index (χ1v) is 9.75. The van der Waals surface area contributed by atoms with E-state index in [1.165, 1.54) is 12.3 Å². The van der Waals surface area contributed by atoms with Crippen molar-refractivity contribution in [3.8, 4) is 0 Å². The average molecular weight is 399 g/mol. The fourth-order valence-electron chi connectivity index (χ4n) is 3.62. The van der Waals surface area contributed by atoms with Crippen LogP contribution in [0.25, 0.3) is 11.0 Å². The Labute approximate surface area is 167 Å². The largest absolute Gasteiger partial charge is 0.354 e. The predicted molar refractivity (Wildman–Crippen MR) is 108 cm³/mol. The first-order valence-electron chi connectivity index (χ1n) is 9.75. The highest BCUT2D eigenvalue weighted by molar-refractivity contribution is 5.74. The van der Waals surface area contributed by atoms with Gasteiger partial charge in [-0.25, -0.2) is 13.8 Å². The van der Waals surface area contributed by atoms with E-state index in [1.807, 2.05) is 25.3 Å². The maximum Gasteiger partial charge on any atom is 0.265 e. The molecule has 0 amide bonds. The Morgan fingerprint density at radius 3 is 2.55 bits per heavy atom. The lowest BCUT2D eigenvalue weighted by Crippen LogP contribution is -2.46. The molecular weight excluding hydrogens is 376 g/mol. The number of pyridine rings is 3. The van der Waals surface area contributed by atoms with Crippen LogP contribution < -0.4 is 10.5 Å². The van der Waals surface area contributed by atoms with Crippen LogP contribution in [0, 0.1) is 0 Å². The van der Waals surface area contributed by atoms with E-state index >= 15 is 0 Å². The Morgan fingerprint density at radius 1 is 1.10 bits per heavy atom. The molecule has 3 aromatic rings. The molecule has 4 heterocycles. The maximum absolute atomic E-state index is 12.7. The number of H-pyrrole nitrogens is 1. The smallest absolute Gasteiger partial charge is 0.265 e. The normalized spacial score (nSPS) is 15.4. The number of halogens is 2. The number of hydrogen-bond donors (Lipinski definition) is 1. The van der Waals surface area contributed by atoms with Gasteiger partial charge in [0.15, 0.2) is 0 Å². The van der Waals surface area contributed by atoms with Gasteiger partial charge in [0.25, 0.3) is 12.0 Å².